The molecule has 0 aliphatic rings. The van der Waals surface area contributed by atoms with Gasteiger partial charge in [0.25, 0.3) is 0 Å². The minimum atomic E-state index is -0.147. The van der Waals surface area contributed by atoms with Crippen LogP contribution in [0.1, 0.15) is 15.9 Å². The molecule has 0 aliphatic heterocycles. The fourth-order valence-electron chi connectivity index (χ4n) is 1.44. The maximum atomic E-state index is 12.2. The van der Waals surface area contributed by atoms with E-state index in [-0.39, 0.29) is 5.78 Å². The largest absolute Gasteiger partial charge is 0.289 e. The summed E-state index contributed by atoms with van der Waals surface area (Å²) < 4.78 is 0. The third-order valence-electron chi connectivity index (χ3n) is 2.30. The molecular weight excluding hydrogens is 275 g/mol. The van der Waals surface area contributed by atoms with Gasteiger partial charge in [0, 0.05) is 21.0 Å². The van der Waals surface area contributed by atoms with Gasteiger partial charge in [-0.05, 0) is 42.5 Å². The van der Waals surface area contributed by atoms with E-state index < -0.39 is 0 Å². The maximum Gasteiger partial charge on any atom is 0.194 e. The van der Waals surface area contributed by atoms with Crippen molar-refractivity contribution in [3.63, 3.8) is 0 Å². The molecule has 0 aromatic heterocycles. The van der Waals surface area contributed by atoms with Gasteiger partial charge in [-0.3, -0.25) is 4.79 Å². The third kappa shape index (κ3) is 2.83. The Labute approximate surface area is 115 Å². The van der Waals surface area contributed by atoms with Crippen LogP contribution in [0.15, 0.2) is 47.4 Å². The average molecular weight is 283 g/mol. The van der Waals surface area contributed by atoms with Crippen molar-refractivity contribution in [2.24, 2.45) is 0 Å². The number of carbonyl (C=O) groups is 1. The SMILES string of the molecule is O=C(c1ccc(S)cc1)c1cc(Cl)ccc1Cl. The molecule has 17 heavy (non-hydrogen) atoms. The lowest BCUT2D eigenvalue weighted by atomic mass is 10.0. The molecule has 0 fully saturated rings. The highest BCUT2D eigenvalue weighted by molar-refractivity contribution is 7.80. The fourth-order valence-corrected chi connectivity index (χ4v) is 1.96. The minimum Gasteiger partial charge on any atom is -0.289 e. The fraction of sp³-hybridized carbons (Fsp3) is 0. The lowest BCUT2D eigenvalue weighted by molar-refractivity contribution is 0.103. The molecule has 1 nitrogen and oxygen atoms in total. The van der Waals surface area contributed by atoms with E-state index >= 15 is 0 Å². The number of benzene rings is 2. The summed E-state index contributed by atoms with van der Waals surface area (Å²) in [4.78, 5) is 13.0. The molecule has 0 unspecified atom stereocenters. The number of ketones is 1. The summed E-state index contributed by atoms with van der Waals surface area (Å²) in [6, 6.07) is 11.8. The van der Waals surface area contributed by atoms with Crippen LogP contribution in [0.4, 0.5) is 0 Å². The van der Waals surface area contributed by atoms with Crippen LogP contribution >= 0.6 is 35.8 Å². The average Bonchev–Trinajstić information content (AvgIpc) is 2.32. The van der Waals surface area contributed by atoms with Gasteiger partial charge in [0.05, 0.1) is 5.02 Å². The normalized spacial score (nSPS) is 10.3. The van der Waals surface area contributed by atoms with E-state index in [0.29, 0.717) is 21.2 Å². The van der Waals surface area contributed by atoms with Gasteiger partial charge in [-0.1, -0.05) is 23.2 Å². The Morgan fingerprint density at radius 1 is 1.00 bits per heavy atom. The van der Waals surface area contributed by atoms with Crippen LogP contribution in [0.25, 0.3) is 0 Å². The molecule has 0 heterocycles. The number of rotatable bonds is 2. The summed E-state index contributed by atoms with van der Waals surface area (Å²) in [7, 11) is 0. The molecule has 0 amide bonds. The van der Waals surface area contributed by atoms with Gasteiger partial charge >= 0.3 is 0 Å². The van der Waals surface area contributed by atoms with Crippen LogP contribution in [0, 0.1) is 0 Å². The Bertz CT molecular complexity index is 564. The summed E-state index contributed by atoms with van der Waals surface area (Å²) in [5.41, 5.74) is 0.970. The molecule has 0 radical (unpaired) electrons. The standard InChI is InChI=1S/C13H8Cl2OS/c14-9-3-6-12(15)11(7-9)13(16)8-1-4-10(17)5-2-8/h1-7,17H. The van der Waals surface area contributed by atoms with Crippen LogP contribution in [-0.4, -0.2) is 5.78 Å². The second-order valence-electron chi connectivity index (χ2n) is 3.50. The zero-order chi connectivity index (χ0) is 12.4. The maximum absolute atomic E-state index is 12.2. The van der Waals surface area contributed by atoms with Crippen LogP contribution in [0.5, 0.6) is 0 Å². The highest BCUT2D eigenvalue weighted by Gasteiger charge is 2.13. The predicted molar refractivity (Wildman–Crippen MR) is 73.6 cm³/mol. The number of hydrogen-bond donors (Lipinski definition) is 1. The molecular formula is C13H8Cl2OS. The molecule has 0 bridgehead atoms. The van der Waals surface area contributed by atoms with Gasteiger partial charge in [0.15, 0.2) is 5.78 Å². The molecule has 0 N–H and O–H groups in total. The number of hydrogen-bond acceptors (Lipinski definition) is 2. The molecule has 2 aromatic carbocycles. The van der Waals surface area contributed by atoms with E-state index in [4.69, 9.17) is 23.2 Å². The zero-order valence-corrected chi connectivity index (χ0v) is 11.1. The van der Waals surface area contributed by atoms with E-state index in [1.54, 1.807) is 42.5 Å². The zero-order valence-electron chi connectivity index (χ0n) is 8.65. The van der Waals surface area contributed by atoms with Crippen molar-refractivity contribution < 1.29 is 4.79 Å². The number of halogens is 2. The first-order valence-electron chi connectivity index (χ1n) is 4.87. The van der Waals surface area contributed by atoms with Gasteiger partial charge in [0.1, 0.15) is 0 Å². The summed E-state index contributed by atoms with van der Waals surface area (Å²) in [5.74, 6) is -0.147. The molecule has 0 saturated carbocycles. The van der Waals surface area contributed by atoms with Crippen molar-refractivity contribution in [2.45, 2.75) is 4.90 Å². The van der Waals surface area contributed by atoms with Crippen molar-refractivity contribution in [3.05, 3.63) is 63.6 Å². The van der Waals surface area contributed by atoms with Crippen LogP contribution in [-0.2, 0) is 0 Å². The van der Waals surface area contributed by atoms with Crippen LogP contribution < -0.4 is 0 Å². The summed E-state index contributed by atoms with van der Waals surface area (Å²) in [6.07, 6.45) is 0. The van der Waals surface area contributed by atoms with Crippen molar-refractivity contribution in [1.82, 2.24) is 0 Å². The second-order valence-corrected chi connectivity index (χ2v) is 4.86. The molecule has 86 valence electrons. The number of carbonyl (C=O) groups excluding carboxylic acids is 1. The molecule has 0 spiro atoms. The Hall–Kier alpha value is -0.960. The summed E-state index contributed by atoms with van der Waals surface area (Å²) >= 11 is 16.0. The summed E-state index contributed by atoms with van der Waals surface area (Å²) in [5, 5.41) is 0.887. The van der Waals surface area contributed by atoms with Gasteiger partial charge in [-0.2, -0.15) is 0 Å². The Morgan fingerprint density at radius 2 is 1.65 bits per heavy atom. The Balaban J connectivity index is 2.43. The predicted octanol–water partition coefficient (Wildman–Crippen LogP) is 4.51. The molecule has 0 aliphatic carbocycles. The molecule has 2 rings (SSSR count). The monoisotopic (exact) mass is 282 g/mol. The van der Waals surface area contributed by atoms with E-state index in [2.05, 4.69) is 12.6 Å². The topological polar surface area (TPSA) is 17.1 Å². The third-order valence-corrected chi connectivity index (χ3v) is 3.17. The van der Waals surface area contributed by atoms with Gasteiger partial charge < -0.3 is 0 Å². The lowest BCUT2D eigenvalue weighted by Crippen LogP contribution is -2.01. The van der Waals surface area contributed by atoms with Crippen molar-refractivity contribution >= 4 is 41.6 Å². The molecule has 4 heteroatoms. The van der Waals surface area contributed by atoms with Crippen LogP contribution in [0.2, 0.25) is 10.0 Å². The van der Waals surface area contributed by atoms with Crippen LogP contribution in [0.3, 0.4) is 0 Å². The molecule has 2 aromatic rings. The highest BCUT2D eigenvalue weighted by Crippen LogP contribution is 2.23. The van der Waals surface area contributed by atoms with E-state index in [0.717, 1.165) is 4.90 Å². The van der Waals surface area contributed by atoms with E-state index in [1.807, 2.05) is 0 Å². The van der Waals surface area contributed by atoms with Gasteiger partial charge in [0.2, 0.25) is 0 Å². The Morgan fingerprint density at radius 3 is 2.29 bits per heavy atom. The van der Waals surface area contributed by atoms with E-state index in [9.17, 15) is 4.79 Å². The Kier molecular flexibility index (Phi) is 3.77. The minimum absolute atomic E-state index is 0.147. The van der Waals surface area contributed by atoms with Gasteiger partial charge in [-0.15, -0.1) is 12.6 Å². The highest BCUT2D eigenvalue weighted by atomic mass is 35.5. The first-order chi connectivity index (χ1) is 8.08. The number of thiol groups is 1. The summed E-state index contributed by atoms with van der Waals surface area (Å²) in [6.45, 7) is 0. The van der Waals surface area contributed by atoms with Crippen molar-refractivity contribution in [3.8, 4) is 0 Å². The quantitative estimate of drug-likeness (QED) is 0.633. The first-order valence-corrected chi connectivity index (χ1v) is 6.07. The van der Waals surface area contributed by atoms with Crippen molar-refractivity contribution in [1.29, 1.82) is 0 Å². The van der Waals surface area contributed by atoms with Gasteiger partial charge in [-0.25, -0.2) is 0 Å². The molecule has 0 atom stereocenters. The first kappa shape index (κ1) is 12.5. The van der Waals surface area contributed by atoms with Crippen molar-refractivity contribution in [2.75, 3.05) is 0 Å². The smallest absolute Gasteiger partial charge is 0.194 e. The lowest BCUT2D eigenvalue weighted by Gasteiger charge is -2.04. The molecule has 0 saturated heterocycles. The second kappa shape index (κ2) is 5.13. The van der Waals surface area contributed by atoms with E-state index in [1.165, 1.54) is 0 Å².